The molecule has 0 saturated carbocycles. The molecular weight excluding hydrogens is 330 g/mol. The van der Waals surface area contributed by atoms with Crippen LogP contribution in [0.15, 0.2) is 42.6 Å². The topological polar surface area (TPSA) is 84.6 Å². The second kappa shape index (κ2) is 7.80. The number of aromatic nitrogens is 4. The smallest absolute Gasteiger partial charge is 0.179 e. The zero-order valence-electron chi connectivity index (χ0n) is 15.4. The number of tetrazole rings is 1. The van der Waals surface area contributed by atoms with Crippen LogP contribution in [0.5, 0.6) is 5.75 Å². The maximum atomic E-state index is 10.5. The molecule has 0 aliphatic heterocycles. The number of nitrogens with one attached hydrogen (secondary N) is 1. The Bertz CT molecular complexity index is 845. The highest BCUT2D eigenvalue weighted by Gasteiger charge is 2.19. The van der Waals surface area contributed by atoms with Gasteiger partial charge in [-0.2, -0.15) is 0 Å². The Morgan fingerprint density at radius 1 is 1.19 bits per heavy atom. The van der Waals surface area contributed by atoms with Gasteiger partial charge in [0.15, 0.2) is 5.65 Å². The lowest BCUT2D eigenvalue weighted by atomic mass is 9.94. The van der Waals surface area contributed by atoms with Gasteiger partial charge in [-0.25, -0.2) is 4.52 Å². The zero-order valence-corrected chi connectivity index (χ0v) is 15.4. The molecule has 2 N–H and O–H groups in total. The Kier molecular flexibility index (Phi) is 5.49. The van der Waals surface area contributed by atoms with Gasteiger partial charge in [0.1, 0.15) is 5.75 Å². The lowest BCUT2D eigenvalue weighted by Crippen LogP contribution is -2.42. The van der Waals surface area contributed by atoms with Crippen molar-refractivity contribution in [2.75, 3.05) is 13.7 Å². The molecule has 0 saturated heterocycles. The molecule has 2 heterocycles. The number of rotatable bonds is 8. The summed E-state index contributed by atoms with van der Waals surface area (Å²) in [5.74, 6) is 0.869. The molecular formula is C19H25N5O2. The standard InChI is InChI=1S/C19H25N5O2/c1-19(2,11-10-14-4-7-16(26-3)8-5-14)20-12-17(25)15-6-9-18-21-22-23-24(18)13-15/h4-9,13,17,20,25H,10-12H2,1-3H3/t17-/m0/s1. The summed E-state index contributed by atoms with van der Waals surface area (Å²) in [6, 6.07) is 11.8. The van der Waals surface area contributed by atoms with E-state index in [1.165, 1.54) is 5.56 Å². The van der Waals surface area contributed by atoms with Gasteiger partial charge in [0.05, 0.1) is 13.2 Å². The molecule has 138 valence electrons. The van der Waals surface area contributed by atoms with E-state index in [0.717, 1.165) is 24.2 Å². The number of β-amino-alcohol motifs (C(OH)–C–C–N with tert-alkyl or cyclic N) is 1. The molecule has 7 nitrogen and oxygen atoms in total. The van der Waals surface area contributed by atoms with Crippen molar-refractivity contribution >= 4 is 5.65 Å². The van der Waals surface area contributed by atoms with Crippen molar-refractivity contribution in [1.82, 2.24) is 25.4 Å². The quantitative estimate of drug-likeness (QED) is 0.644. The number of aryl methyl sites for hydroxylation is 1. The van der Waals surface area contributed by atoms with Crippen LogP contribution in [-0.4, -0.2) is 44.3 Å². The largest absolute Gasteiger partial charge is 0.497 e. The number of pyridine rings is 1. The number of ether oxygens (including phenoxy) is 1. The number of hydrogen-bond acceptors (Lipinski definition) is 6. The molecule has 1 aromatic carbocycles. The summed E-state index contributed by atoms with van der Waals surface area (Å²) >= 11 is 0. The Morgan fingerprint density at radius 3 is 2.69 bits per heavy atom. The van der Waals surface area contributed by atoms with E-state index in [2.05, 4.69) is 46.8 Å². The van der Waals surface area contributed by atoms with Crippen molar-refractivity contribution in [3.05, 3.63) is 53.7 Å². The predicted molar refractivity (Wildman–Crippen MR) is 99.1 cm³/mol. The van der Waals surface area contributed by atoms with Gasteiger partial charge in [-0.3, -0.25) is 0 Å². The van der Waals surface area contributed by atoms with Crippen molar-refractivity contribution in [1.29, 1.82) is 0 Å². The molecule has 3 rings (SSSR count). The van der Waals surface area contributed by atoms with E-state index in [1.54, 1.807) is 23.9 Å². The fraction of sp³-hybridized carbons (Fsp3) is 0.421. The predicted octanol–water partition coefficient (Wildman–Crippen LogP) is 2.17. The highest BCUT2D eigenvalue weighted by atomic mass is 16.5. The van der Waals surface area contributed by atoms with Crippen LogP contribution < -0.4 is 10.1 Å². The minimum absolute atomic E-state index is 0.0974. The second-order valence-electron chi connectivity index (χ2n) is 7.07. The first kappa shape index (κ1) is 18.3. The number of benzene rings is 1. The summed E-state index contributed by atoms with van der Waals surface area (Å²) in [7, 11) is 1.67. The molecule has 1 atom stereocenters. The van der Waals surface area contributed by atoms with Crippen LogP contribution >= 0.6 is 0 Å². The minimum atomic E-state index is -0.621. The summed E-state index contributed by atoms with van der Waals surface area (Å²) in [5, 5.41) is 25.3. The highest BCUT2D eigenvalue weighted by Crippen LogP contribution is 2.18. The highest BCUT2D eigenvalue weighted by molar-refractivity contribution is 5.36. The van der Waals surface area contributed by atoms with Crippen molar-refractivity contribution < 1.29 is 9.84 Å². The van der Waals surface area contributed by atoms with Crippen LogP contribution in [0, 0.1) is 0 Å². The molecule has 3 aromatic rings. The number of hydrogen-bond donors (Lipinski definition) is 2. The van der Waals surface area contributed by atoms with Crippen molar-refractivity contribution in [3.8, 4) is 5.75 Å². The average Bonchev–Trinajstić information content (AvgIpc) is 3.13. The van der Waals surface area contributed by atoms with Crippen LogP contribution in [0.2, 0.25) is 0 Å². The van der Waals surface area contributed by atoms with Crippen LogP contribution in [0.4, 0.5) is 0 Å². The van der Waals surface area contributed by atoms with Gasteiger partial charge in [-0.15, -0.1) is 5.10 Å². The van der Waals surface area contributed by atoms with E-state index < -0.39 is 6.10 Å². The van der Waals surface area contributed by atoms with E-state index in [4.69, 9.17) is 4.74 Å². The van der Waals surface area contributed by atoms with Crippen LogP contribution in [-0.2, 0) is 6.42 Å². The van der Waals surface area contributed by atoms with E-state index in [9.17, 15) is 5.11 Å². The third kappa shape index (κ3) is 4.56. The van der Waals surface area contributed by atoms with Gasteiger partial charge < -0.3 is 15.2 Å². The summed E-state index contributed by atoms with van der Waals surface area (Å²) in [6.45, 7) is 4.75. The van der Waals surface area contributed by atoms with E-state index in [0.29, 0.717) is 12.2 Å². The second-order valence-corrected chi connectivity index (χ2v) is 7.07. The maximum Gasteiger partial charge on any atom is 0.179 e. The fourth-order valence-corrected chi connectivity index (χ4v) is 2.78. The molecule has 7 heteroatoms. The molecule has 0 fully saturated rings. The normalized spacial score (nSPS) is 13.1. The van der Waals surface area contributed by atoms with Crippen molar-refractivity contribution in [2.24, 2.45) is 0 Å². The molecule has 0 unspecified atom stereocenters. The first-order valence-corrected chi connectivity index (χ1v) is 8.70. The van der Waals surface area contributed by atoms with Crippen LogP contribution in [0.25, 0.3) is 5.65 Å². The molecule has 0 aliphatic carbocycles. The van der Waals surface area contributed by atoms with Crippen LogP contribution in [0.1, 0.15) is 37.5 Å². The first-order valence-electron chi connectivity index (χ1n) is 8.70. The molecule has 2 aromatic heterocycles. The summed E-state index contributed by atoms with van der Waals surface area (Å²) < 4.78 is 6.75. The Morgan fingerprint density at radius 2 is 1.96 bits per heavy atom. The summed E-state index contributed by atoms with van der Waals surface area (Å²) in [6.07, 6.45) is 3.05. The van der Waals surface area contributed by atoms with Crippen LogP contribution in [0.3, 0.4) is 0 Å². The number of methoxy groups -OCH3 is 1. The third-order valence-electron chi connectivity index (χ3n) is 4.57. The zero-order chi connectivity index (χ0) is 18.6. The Labute approximate surface area is 153 Å². The van der Waals surface area contributed by atoms with Crippen molar-refractivity contribution in [2.45, 2.75) is 38.3 Å². The van der Waals surface area contributed by atoms with Gasteiger partial charge in [-0.05, 0) is 60.9 Å². The number of fused-ring (bicyclic) bond motifs is 1. The molecule has 0 radical (unpaired) electrons. The Hall–Kier alpha value is -2.51. The summed E-state index contributed by atoms with van der Waals surface area (Å²) in [4.78, 5) is 0. The average molecular weight is 355 g/mol. The number of aliphatic hydroxyl groups excluding tert-OH is 1. The molecule has 0 aliphatic rings. The van der Waals surface area contributed by atoms with E-state index in [1.807, 2.05) is 18.2 Å². The van der Waals surface area contributed by atoms with Gasteiger partial charge in [0.2, 0.25) is 0 Å². The number of aliphatic hydroxyl groups is 1. The fourth-order valence-electron chi connectivity index (χ4n) is 2.78. The molecule has 0 amide bonds. The van der Waals surface area contributed by atoms with Gasteiger partial charge >= 0.3 is 0 Å². The third-order valence-corrected chi connectivity index (χ3v) is 4.57. The number of nitrogens with zero attached hydrogens (tertiary/aromatic N) is 4. The molecule has 0 spiro atoms. The van der Waals surface area contributed by atoms with Gasteiger partial charge in [-0.1, -0.05) is 18.2 Å². The monoisotopic (exact) mass is 355 g/mol. The lowest BCUT2D eigenvalue weighted by Gasteiger charge is -2.28. The van der Waals surface area contributed by atoms with E-state index in [-0.39, 0.29) is 5.54 Å². The van der Waals surface area contributed by atoms with Crippen molar-refractivity contribution in [3.63, 3.8) is 0 Å². The summed E-state index contributed by atoms with van der Waals surface area (Å²) in [5.41, 5.74) is 2.61. The lowest BCUT2D eigenvalue weighted by molar-refractivity contribution is 0.158. The van der Waals surface area contributed by atoms with E-state index >= 15 is 0 Å². The Balaban J connectivity index is 1.52. The molecule has 26 heavy (non-hydrogen) atoms. The first-order chi connectivity index (χ1) is 12.5. The maximum absolute atomic E-state index is 10.5. The SMILES string of the molecule is COc1ccc(CCC(C)(C)NC[C@H](O)c2ccc3nnnn3c2)cc1. The van der Waals surface area contributed by atoms with Gasteiger partial charge in [0.25, 0.3) is 0 Å². The van der Waals surface area contributed by atoms with Gasteiger partial charge in [0, 0.05) is 23.8 Å². The minimum Gasteiger partial charge on any atom is -0.497 e. The molecule has 0 bridgehead atoms.